The molecule has 0 saturated carbocycles. The molecule has 0 atom stereocenters. The van der Waals surface area contributed by atoms with Crippen LogP contribution in [0.3, 0.4) is 0 Å². The van der Waals surface area contributed by atoms with Crippen molar-refractivity contribution < 1.29 is 4.74 Å². The molecule has 0 aliphatic heterocycles. The Morgan fingerprint density at radius 3 is 3.06 bits per heavy atom. The SMILES string of the molecule is CCn1ncnc1COc1cccc(Cl)c1C#N. The third-order valence-corrected chi connectivity index (χ3v) is 2.75. The van der Waals surface area contributed by atoms with E-state index >= 15 is 0 Å². The molecule has 0 radical (unpaired) electrons. The molecule has 92 valence electrons. The second kappa shape index (κ2) is 5.52. The van der Waals surface area contributed by atoms with Crippen molar-refractivity contribution in [3.63, 3.8) is 0 Å². The average Bonchev–Trinajstić information content (AvgIpc) is 2.83. The summed E-state index contributed by atoms with van der Waals surface area (Å²) < 4.78 is 7.30. The number of nitriles is 1. The molecule has 6 heteroatoms. The third kappa shape index (κ3) is 2.44. The van der Waals surface area contributed by atoms with E-state index in [1.807, 2.05) is 13.0 Å². The average molecular weight is 263 g/mol. The zero-order valence-corrected chi connectivity index (χ0v) is 10.6. The molecule has 0 saturated heterocycles. The Hall–Kier alpha value is -2.06. The molecule has 0 unspecified atom stereocenters. The summed E-state index contributed by atoms with van der Waals surface area (Å²) in [5, 5.41) is 13.4. The highest BCUT2D eigenvalue weighted by Gasteiger charge is 2.09. The van der Waals surface area contributed by atoms with E-state index in [0.29, 0.717) is 22.2 Å². The summed E-state index contributed by atoms with van der Waals surface area (Å²) >= 11 is 5.91. The van der Waals surface area contributed by atoms with Crippen LogP contribution in [0.1, 0.15) is 18.3 Å². The normalized spacial score (nSPS) is 10.1. The fraction of sp³-hybridized carbons (Fsp3) is 0.250. The Bertz CT molecular complexity index is 588. The second-order valence-electron chi connectivity index (χ2n) is 3.51. The smallest absolute Gasteiger partial charge is 0.164 e. The molecule has 0 fully saturated rings. The highest BCUT2D eigenvalue weighted by Crippen LogP contribution is 2.25. The van der Waals surface area contributed by atoms with Crippen molar-refractivity contribution in [3.8, 4) is 11.8 Å². The first kappa shape index (κ1) is 12.4. The van der Waals surface area contributed by atoms with Crippen LogP contribution in [0.2, 0.25) is 5.02 Å². The minimum atomic E-state index is 0.253. The van der Waals surface area contributed by atoms with E-state index in [0.717, 1.165) is 6.54 Å². The number of hydrogen-bond donors (Lipinski definition) is 0. The molecule has 0 aliphatic carbocycles. The van der Waals surface area contributed by atoms with Crippen LogP contribution in [0.15, 0.2) is 24.5 Å². The summed E-state index contributed by atoms with van der Waals surface area (Å²) in [6.45, 7) is 2.94. The molecule has 2 aromatic rings. The maximum atomic E-state index is 9.01. The van der Waals surface area contributed by atoms with Crippen LogP contribution >= 0.6 is 11.6 Å². The van der Waals surface area contributed by atoms with Crippen molar-refractivity contribution in [3.05, 3.63) is 40.9 Å². The van der Waals surface area contributed by atoms with Crippen molar-refractivity contribution >= 4 is 11.6 Å². The van der Waals surface area contributed by atoms with Gasteiger partial charge in [-0.15, -0.1) is 0 Å². The molecule has 1 heterocycles. The third-order valence-electron chi connectivity index (χ3n) is 2.44. The van der Waals surface area contributed by atoms with Crippen LogP contribution in [-0.4, -0.2) is 14.8 Å². The van der Waals surface area contributed by atoms with Gasteiger partial charge in [-0.2, -0.15) is 10.4 Å². The predicted octanol–water partition coefficient (Wildman–Crippen LogP) is 2.40. The summed E-state index contributed by atoms with van der Waals surface area (Å²) in [5.41, 5.74) is 0.335. The number of halogens is 1. The summed E-state index contributed by atoms with van der Waals surface area (Å²) in [4.78, 5) is 4.09. The lowest BCUT2D eigenvalue weighted by atomic mass is 10.2. The molecular formula is C12H11ClN4O. The monoisotopic (exact) mass is 262 g/mol. The van der Waals surface area contributed by atoms with Gasteiger partial charge >= 0.3 is 0 Å². The molecule has 0 amide bonds. The van der Waals surface area contributed by atoms with Gasteiger partial charge in [0.1, 0.15) is 30.3 Å². The van der Waals surface area contributed by atoms with Gasteiger partial charge in [-0.05, 0) is 19.1 Å². The summed E-state index contributed by atoms with van der Waals surface area (Å²) in [7, 11) is 0. The molecule has 0 N–H and O–H groups in total. The lowest BCUT2D eigenvalue weighted by Crippen LogP contribution is -2.07. The zero-order chi connectivity index (χ0) is 13.0. The Morgan fingerprint density at radius 1 is 1.50 bits per heavy atom. The van der Waals surface area contributed by atoms with E-state index in [-0.39, 0.29) is 6.61 Å². The number of aromatic nitrogens is 3. The highest BCUT2D eigenvalue weighted by atomic mass is 35.5. The van der Waals surface area contributed by atoms with Gasteiger partial charge in [0.05, 0.1) is 5.02 Å². The van der Waals surface area contributed by atoms with Crippen molar-refractivity contribution in [1.29, 1.82) is 5.26 Å². The number of benzene rings is 1. The summed E-state index contributed by atoms with van der Waals surface area (Å²) in [5.74, 6) is 1.16. The van der Waals surface area contributed by atoms with Crippen molar-refractivity contribution in [2.75, 3.05) is 0 Å². The van der Waals surface area contributed by atoms with Gasteiger partial charge in [0.25, 0.3) is 0 Å². The predicted molar refractivity (Wildman–Crippen MR) is 66.2 cm³/mol. The standard InChI is InChI=1S/C12H11ClN4O/c1-2-17-12(15-8-16-17)7-18-11-5-3-4-10(13)9(11)6-14/h3-5,8H,2,7H2,1H3. The summed E-state index contributed by atoms with van der Waals surface area (Å²) in [6, 6.07) is 7.12. The van der Waals surface area contributed by atoms with Gasteiger partial charge in [0.15, 0.2) is 5.82 Å². The molecule has 1 aromatic carbocycles. The van der Waals surface area contributed by atoms with Crippen LogP contribution in [0, 0.1) is 11.3 Å². The van der Waals surface area contributed by atoms with E-state index in [9.17, 15) is 0 Å². The van der Waals surface area contributed by atoms with Crippen LogP contribution in [-0.2, 0) is 13.2 Å². The van der Waals surface area contributed by atoms with Crippen LogP contribution in [0.5, 0.6) is 5.75 Å². The summed E-state index contributed by atoms with van der Waals surface area (Å²) in [6.07, 6.45) is 1.48. The van der Waals surface area contributed by atoms with E-state index in [1.165, 1.54) is 6.33 Å². The Kier molecular flexibility index (Phi) is 3.80. The fourth-order valence-electron chi connectivity index (χ4n) is 1.54. The number of rotatable bonds is 4. The zero-order valence-electron chi connectivity index (χ0n) is 9.80. The minimum absolute atomic E-state index is 0.253. The molecular weight excluding hydrogens is 252 g/mol. The van der Waals surface area contributed by atoms with E-state index in [1.54, 1.807) is 22.9 Å². The van der Waals surface area contributed by atoms with Crippen molar-refractivity contribution in [1.82, 2.24) is 14.8 Å². The maximum absolute atomic E-state index is 9.01. The molecule has 0 bridgehead atoms. The van der Waals surface area contributed by atoms with E-state index < -0.39 is 0 Å². The minimum Gasteiger partial charge on any atom is -0.484 e. The van der Waals surface area contributed by atoms with E-state index in [2.05, 4.69) is 10.1 Å². The Morgan fingerprint density at radius 2 is 2.33 bits per heavy atom. The largest absolute Gasteiger partial charge is 0.484 e. The second-order valence-corrected chi connectivity index (χ2v) is 3.91. The number of ether oxygens (including phenoxy) is 1. The quantitative estimate of drug-likeness (QED) is 0.849. The lowest BCUT2D eigenvalue weighted by Gasteiger charge is -2.08. The number of hydrogen-bond acceptors (Lipinski definition) is 4. The molecule has 0 aliphatic rings. The van der Waals surface area contributed by atoms with E-state index in [4.69, 9.17) is 21.6 Å². The van der Waals surface area contributed by atoms with Crippen molar-refractivity contribution in [2.45, 2.75) is 20.1 Å². The Balaban J connectivity index is 2.16. The van der Waals surface area contributed by atoms with Crippen LogP contribution in [0.4, 0.5) is 0 Å². The molecule has 18 heavy (non-hydrogen) atoms. The van der Waals surface area contributed by atoms with Crippen LogP contribution in [0.25, 0.3) is 0 Å². The molecule has 1 aromatic heterocycles. The van der Waals surface area contributed by atoms with Gasteiger partial charge in [-0.25, -0.2) is 9.67 Å². The number of aryl methyl sites for hydroxylation is 1. The Labute approximate surface area is 110 Å². The van der Waals surface area contributed by atoms with Gasteiger partial charge in [0, 0.05) is 6.54 Å². The lowest BCUT2D eigenvalue weighted by molar-refractivity contribution is 0.286. The van der Waals surface area contributed by atoms with Gasteiger partial charge in [-0.1, -0.05) is 17.7 Å². The van der Waals surface area contributed by atoms with Crippen molar-refractivity contribution in [2.24, 2.45) is 0 Å². The van der Waals surface area contributed by atoms with Gasteiger partial charge in [0.2, 0.25) is 0 Å². The first-order valence-corrected chi connectivity index (χ1v) is 5.82. The first-order chi connectivity index (χ1) is 8.76. The fourth-order valence-corrected chi connectivity index (χ4v) is 1.75. The topological polar surface area (TPSA) is 63.7 Å². The molecule has 0 spiro atoms. The molecule has 5 nitrogen and oxygen atoms in total. The molecule has 2 rings (SSSR count). The first-order valence-electron chi connectivity index (χ1n) is 5.44. The van der Waals surface area contributed by atoms with Crippen LogP contribution < -0.4 is 4.74 Å². The van der Waals surface area contributed by atoms with Gasteiger partial charge in [-0.3, -0.25) is 0 Å². The number of nitrogens with zero attached hydrogens (tertiary/aromatic N) is 4. The van der Waals surface area contributed by atoms with Gasteiger partial charge < -0.3 is 4.74 Å². The maximum Gasteiger partial charge on any atom is 0.164 e. The highest BCUT2D eigenvalue weighted by molar-refractivity contribution is 6.31.